The summed E-state index contributed by atoms with van der Waals surface area (Å²) >= 11 is 0. The first kappa shape index (κ1) is 20.8. The van der Waals surface area contributed by atoms with E-state index in [1.54, 1.807) is 18.9 Å². The summed E-state index contributed by atoms with van der Waals surface area (Å²) in [4.78, 5) is 15.6. The van der Waals surface area contributed by atoms with Crippen molar-refractivity contribution in [3.63, 3.8) is 0 Å². The highest BCUT2D eigenvalue weighted by Gasteiger charge is 2.26. The van der Waals surface area contributed by atoms with Crippen molar-refractivity contribution < 1.29 is 14.3 Å². The number of carbonyl (C=O) groups excluding carboxylic acids is 1. The monoisotopic (exact) mass is 439 g/mol. The number of hydrogen-bond donors (Lipinski definition) is 0. The molecule has 0 bridgehead atoms. The number of methoxy groups -OCH3 is 2. The van der Waals surface area contributed by atoms with Gasteiger partial charge in [0.1, 0.15) is 17.2 Å². The number of amides is 1. The summed E-state index contributed by atoms with van der Waals surface area (Å²) in [5.41, 5.74) is 5.32. The van der Waals surface area contributed by atoms with E-state index in [1.165, 1.54) is 11.1 Å². The van der Waals surface area contributed by atoms with Crippen LogP contribution in [0.5, 0.6) is 11.5 Å². The molecule has 0 saturated carbocycles. The number of benzene rings is 3. The molecule has 1 aliphatic rings. The van der Waals surface area contributed by atoms with Crippen LogP contribution in [0.4, 0.5) is 0 Å². The van der Waals surface area contributed by atoms with Gasteiger partial charge < -0.3 is 14.4 Å². The number of hydrogen-bond acceptors (Lipinski definition) is 4. The Kier molecular flexibility index (Phi) is 5.57. The van der Waals surface area contributed by atoms with Crippen LogP contribution in [0.3, 0.4) is 0 Å². The molecule has 0 spiro atoms. The molecule has 3 aromatic carbocycles. The first-order valence-electron chi connectivity index (χ1n) is 10.9. The number of nitrogens with zero attached hydrogens (tertiary/aromatic N) is 3. The Morgan fingerprint density at radius 2 is 1.64 bits per heavy atom. The third-order valence-corrected chi connectivity index (χ3v) is 6.03. The van der Waals surface area contributed by atoms with E-state index in [9.17, 15) is 4.79 Å². The fraction of sp³-hybridized carbons (Fsp3) is 0.185. The Labute approximate surface area is 193 Å². The molecule has 0 radical (unpaired) electrons. The van der Waals surface area contributed by atoms with Gasteiger partial charge >= 0.3 is 0 Å². The predicted molar refractivity (Wildman–Crippen MR) is 127 cm³/mol. The summed E-state index contributed by atoms with van der Waals surface area (Å²) in [5.74, 6) is 1.29. The van der Waals surface area contributed by atoms with Gasteiger partial charge in [0, 0.05) is 24.7 Å². The summed E-state index contributed by atoms with van der Waals surface area (Å²) in [7, 11) is 3.23. The van der Waals surface area contributed by atoms with Crippen LogP contribution in [0.1, 0.15) is 21.6 Å². The molecule has 2 heterocycles. The molecule has 1 amide bonds. The van der Waals surface area contributed by atoms with Gasteiger partial charge in [-0.3, -0.25) is 4.79 Å². The van der Waals surface area contributed by atoms with Gasteiger partial charge in [0.05, 0.1) is 25.6 Å². The van der Waals surface area contributed by atoms with Gasteiger partial charge in [-0.25, -0.2) is 4.68 Å². The second-order valence-corrected chi connectivity index (χ2v) is 7.97. The predicted octanol–water partition coefficient (Wildman–Crippen LogP) is 4.76. The van der Waals surface area contributed by atoms with Gasteiger partial charge in [0.25, 0.3) is 5.91 Å². The first-order chi connectivity index (χ1) is 16.2. The summed E-state index contributed by atoms with van der Waals surface area (Å²) < 4.78 is 12.6. The Hall–Kier alpha value is -4.06. The van der Waals surface area contributed by atoms with Crippen LogP contribution in [0.2, 0.25) is 0 Å². The van der Waals surface area contributed by atoms with E-state index in [0.29, 0.717) is 36.0 Å². The van der Waals surface area contributed by atoms with Crippen molar-refractivity contribution in [2.45, 2.75) is 13.0 Å². The van der Waals surface area contributed by atoms with Crippen molar-refractivity contribution in [1.82, 2.24) is 14.7 Å². The minimum atomic E-state index is -0.0421. The Morgan fingerprint density at radius 3 is 2.39 bits per heavy atom. The fourth-order valence-electron chi connectivity index (χ4n) is 4.27. The Morgan fingerprint density at radius 1 is 0.879 bits per heavy atom. The molecule has 1 aliphatic heterocycles. The fourth-order valence-corrected chi connectivity index (χ4v) is 4.27. The molecule has 166 valence electrons. The molecule has 0 saturated heterocycles. The zero-order valence-corrected chi connectivity index (χ0v) is 18.7. The van der Waals surface area contributed by atoms with Crippen molar-refractivity contribution in [1.29, 1.82) is 0 Å². The third kappa shape index (κ3) is 3.96. The van der Waals surface area contributed by atoms with Crippen LogP contribution in [0.25, 0.3) is 16.9 Å². The maximum atomic E-state index is 13.7. The second kappa shape index (κ2) is 8.82. The second-order valence-electron chi connectivity index (χ2n) is 7.97. The number of aromatic nitrogens is 2. The number of para-hydroxylation sites is 1. The lowest BCUT2D eigenvalue weighted by molar-refractivity contribution is 0.0725. The molecule has 0 fully saturated rings. The molecule has 0 aliphatic carbocycles. The average Bonchev–Trinajstić information content (AvgIpc) is 3.33. The highest BCUT2D eigenvalue weighted by atomic mass is 16.5. The first-order valence-corrected chi connectivity index (χ1v) is 10.9. The van der Waals surface area contributed by atoms with E-state index >= 15 is 0 Å². The Balaban J connectivity index is 1.57. The molecule has 0 atom stereocenters. The van der Waals surface area contributed by atoms with Crippen molar-refractivity contribution in [2.75, 3.05) is 20.8 Å². The van der Waals surface area contributed by atoms with E-state index in [4.69, 9.17) is 14.6 Å². The SMILES string of the molecule is COc1ccc(-c2cc(C(=O)N3CCc4ccccc4C3)n(-c3ccccc3)n2)c(OC)c1. The maximum absolute atomic E-state index is 13.7. The smallest absolute Gasteiger partial charge is 0.272 e. The van der Waals surface area contributed by atoms with Gasteiger partial charge in [-0.2, -0.15) is 5.10 Å². The molecule has 6 nitrogen and oxygen atoms in total. The largest absolute Gasteiger partial charge is 0.497 e. The molecular weight excluding hydrogens is 414 g/mol. The lowest BCUT2D eigenvalue weighted by atomic mass is 9.99. The minimum Gasteiger partial charge on any atom is -0.497 e. The summed E-state index contributed by atoms with van der Waals surface area (Å²) in [6.45, 7) is 1.27. The average molecular weight is 440 g/mol. The van der Waals surface area contributed by atoms with Gasteiger partial charge in [-0.1, -0.05) is 42.5 Å². The quantitative estimate of drug-likeness (QED) is 0.450. The molecule has 33 heavy (non-hydrogen) atoms. The van der Waals surface area contributed by atoms with Crippen molar-refractivity contribution in [3.05, 3.63) is 95.7 Å². The number of fused-ring (bicyclic) bond motifs is 1. The molecular formula is C27H25N3O3. The van der Waals surface area contributed by atoms with E-state index < -0.39 is 0 Å². The van der Waals surface area contributed by atoms with Gasteiger partial charge in [0.15, 0.2) is 0 Å². The zero-order chi connectivity index (χ0) is 22.8. The molecule has 0 N–H and O–H groups in total. The lowest BCUT2D eigenvalue weighted by Crippen LogP contribution is -2.36. The van der Waals surface area contributed by atoms with Crippen LogP contribution in [0.15, 0.2) is 78.9 Å². The number of carbonyl (C=O) groups is 1. The number of ether oxygens (including phenoxy) is 2. The van der Waals surface area contributed by atoms with Crippen molar-refractivity contribution >= 4 is 5.91 Å². The summed E-state index contributed by atoms with van der Waals surface area (Å²) in [5, 5.41) is 4.82. The van der Waals surface area contributed by atoms with Crippen molar-refractivity contribution in [2.24, 2.45) is 0 Å². The van der Waals surface area contributed by atoms with Crippen LogP contribution in [-0.4, -0.2) is 41.4 Å². The van der Waals surface area contributed by atoms with E-state index in [0.717, 1.165) is 17.7 Å². The third-order valence-electron chi connectivity index (χ3n) is 6.03. The van der Waals surface area contributed by atoms with Crippen LogP contribution in [-0.2, 0) is 13.0 Å². The minimum absolute atomic E-state index is 0.0421. The molecule has 1 aromatic heterocycles. The standard InChI is InChI=1S/C27H25N3O3/c1-32-22-12-13-23(26(16-22)33-2)24-17-25(30(28-24)21-10-4-3-5-11-21)27(31)29-15-14-19-8-6-7-9-20(19)18-29/h3-13,16-17H,14-15,18H2,1-2H3. The van der Waals surface area contributed by atoms with E-state index in [1.807, 2.05) is 65.6 Å². The van der Waals surface area contributed by atoms with Gasteiger partial charge in [-0.15, -0.1) is 0 Å². The maximum Gasteiger partial charge on any atom is 0.272 e. The highest BCUT2D eigenvalue weighted by molar-refractivity contribution is 5.94. The Bertz CT molecular complexity index is 1300. The molecule has 6 heteroatoms. The summed E-state index contributed by atoms with van der Waals surface area (Å²) in [6.07, 6.45) is 0.848. The normalized spacial score (nSPS) is 12.8. The summed E-state index contributed by atoms with van der Waals surface area (Å²) in [6, 6.07) is 25.5. The van der Waals surface area contributed by atoms with E-state index in [2.05, 4.69) is 18.2 Å². The lowest BCUT2D eigenvalue weighted by Gasteiger charge is -2.29. The van der Waals surface area contributed by atoms with Crippen LogP contribution in [0, 0.1) is 0 Å². The molecule has 4 aromatic rings. The number of rotatable bonds is 5. The highest BCUT2D eigenvalue weighted by Crippen LogP contribution is 2.34. The van der Waals surface area contributed by atoms with Crippen LogP contribution < -0.4 is 9.47 Å². The van der Waals surface area contributed by atoms with Crippen LogP contribution >= 0.6 is 0 Å². The topological polar surface area (TPSA) is 56.6 Å². The van der Waals surface area contributed by atoms with Gasteiger partial charge in [0.2, 0.25) is 0 Å². The molecule has 5 rings (SSSR count). The molecule has 0 unspecified atom stereocenters. The van der Waals surface area contributed by atoms with Crippen molar-refractivity contribution in [3.8, 4) is 28.4 Å². The van der Waals surface area contributed by atoms with Gasteiger partial charge in [-0.05, 0) is 47.9 Å². The van der Waals surface area contributed by atoms with E-state index in [-0.39, 0.29) is 5.91 Å². The zero-order valence-electron chi connectivity index (χ0n) is 18.7.